The number of hydrogen-bond donors (Lipinski definition) is 0. The Morgan fingerprint density at radius 3 is 2.66 bits per heavy atom. The average Bonchev–Trinajstić information content (AvgIpc) is 2.69. The quantitative estimate of drug-likeness (QED) is 0.288. The number of nitrogens with zero attached hydrogens (tertiary/aromatic N) is 3. The van der Waals surface area contributed by atoms with Crippen LogP contribution in [0.2, 0.25) is 5.02 Å². The summed E-state index contributed by atoms with van der Waals surface area (Å²) in [6.07, 6.45) is 2.02. The third-order valence-corrected chi connectivity index (χ3v) is 5.09. The summed E-state index contributed by atoms with van der Waals surface area (Å²) in [5.41, 5.74) is 0.923. The maximum Gasteiger partial charge on any atom is 0.336 e. The molecule has 0 amide bonds. The summed E-state index contributed by atoms with van der Waals surface area (Å²) < 4.78 is 6.58. The fourth-order valence-electron chi connectivity index (χ4n) is 3.25. The maximum atomic E-state index is 12.9. The Morgan fingerprint density at radius 1 is 1.14 bits per heavy atom. The fourth-order valence-corrected chi connectivity index (χ4v) is 3.54. The number of halogens is 1. The van der Waals surface area contributed by atoms with Gasteiger partial charge in [-0.05, 0) is 35.7 Å². The van der Waals surface area contributed by atoms with Gasteiger partial charge < -0.3 is 4.42 Å². The number of nitro groups is 1. The molecule has 2 heterocycles. The number of benzene rings is 2. The average molecular weight is 412 g/mol. The molecule has 9 heteroatoms. The van der Waals surface area contributed by atoms with Gasteiger partial charge in [0.2, 0.25) is 0 Å². The number of aromatic nitrogens is 2. The molecular formula is C20H14ClN3O5. The first-order chi connectivity index (χ1) is 13.9. The lowest BCUT2D eigenvalue weighted by Crippen LogP contribution is -2.22. The molecule has 0 aliphatic rings. The standard InChI is InChI=1S/C20H14ClN3O5/c1-2-11-5-18-14(8-16(11)21)12(6-19(25)29-18)9-23-10-22-17-4-3-13(24(27)28)7-15(17)20(23)26/h3-8,10H,2,9H2,1H3. The second-order valence-electron chi connectivity index (χ2n) is 6.52. The van der Waals surface area contributed by atoms with Crippen molar-refractivity contribution in [3.8, 4) is 0 Å². The predicted octanol–water partition coefficient (Wildman–Crippen LogP) is 3.68. The van der Waals surface area contributed by atoms with Crippen LogP contribution in [0.25, 0.3) is 21.9 Å². The second kappa shape index (κ2) is 7.14. The van der Waals surface area contributed by atoms with Crippen LogP contribution in [0.15, 0.2) is 56.7 Å². The van der Waals surface area contributed by atoms with E-state index in [4.69, 9.17) is 16.0 Å². The Bertz CT molecular complexity index is 1410. The monoisotopic (exact) mass is 411 g/mol. The van der Waals surface area contributed by atoms with Crippen LogP contribution in [0.1, 0.15) is 18.1 Å². The minimum Gasteiger partial charge on any atom is -0.423 e. The first kappa shape index (κ1) is 18.8. The summed E-state index contributed by atoms with van der Waals surface area (Å²) in [6.45, 7) is 1.98. The molecule has 0 N–H and O–H groups in total. The molecule has 0 saturated heterocycles. The van der Waals surface area contributed by atoms with Crippen molar-refractivity contribution in [1.29, 1.82) is 0 Å². The van der Waals surface area contributed by atoms with Crippen LogP contribution < -0.4 is 11.2 Å². The molecule has 2 aromatic heterocycles. The number of non-ortho nitro benzene ring substituents is 1. The highest BCUT2D eigenvalue weighted by Crippen LogP contribution is 2.26. The van der Waals surface area contributed by atoms with Crippen LogP contribution in [-0.4, -0.2) is 14.5 Å². The van der Waals surface area contributed by atoms with Crippen LogP contribution in [0.5, 0.6) is 0 Å². The van der Waals surface area contributed by atoms with Crippen molar-refractivity contribution in [2.24, 2.45) is 0 Å². The molecule has 0 fully saturated rings. The van der Waals surface area contributed by atoms with Gasteiger partial charge in [-0.2, -0.15) is 0 Å². The van der Waals surface area contributed by atoms with E-state index < -0.39 is 16.1 Å². The Morgan fingerprint density at radius 2 is 1.93 bits per heavy atom. The molecule has 0 saturated carbocycles. The van der Waals surface area contributed by atoms with Crippen molar-refractivity contribution < 1.29 is 9.34 Å². The first-order valence-electron chi connectivity index (χ1n) is 8.76. The summed E-state index contributed by atoms with van der Waals surface area (Å²) in [5, 5.41) is 12.3. The summed E-state index contributed by atoms with van der Waals surface area (Å²) in [7, 11) is 0. The van der Waals surface area contributed by atoms with E-state index in [2.05, 4.69) is 4.98 Å². The highest BCUT2D eigenvalue weighted by Gasteiger charge is 2.14. The summed E-state index contributed by atoms with van der Waals surface area (Å²) in [4.78, 5) is 39.5. The lowest BCUT2D eigenvalue weighted by Gasteiger charge is -2.10. The van der Waals surface area contributed by atoms with E-state index in [0.29, 0.717) is 33.5 Å². The molecule has 4 rings (SSSR count). The zero-order chi connectivity index (χ0) is 20.7. The Labute approximate surface area is 168 Å². The highest BCUT2D eigenvalue weighted by molar-refractivity contribution is 6.32. The zero-order valence-corrected chi connectivity index (χ0v) is 16.0. The van der Waals surface area contributed by atoms with E-state index in [0.717, 1.165) is 5.56 Å². The lowest BCUT2D eigenvalue weighted by atomic mass is 10.1. The fraction of sp³-hybridized carbons (Fsp3) is 0.150. The number of aryl methyl sites for hydroxylation is 1. The molecule has 0 aliphatic heterocycles. The van der Waals surface area contributed by atoms with Crippen LogP contribution in [0.3, 0.4) is 0 Å². The second-order valence-corrected chi connectivity index (χ2v) is 6.93. The molecule has 0 radical (unpaired) electrons. The molecule has 4 aromatic rings. The van der Waals surface area contributed by atoms with Crippen LogP contribution in [-0.2, 0) is 13.0 Å². The Balaban J connectivity index is 1.88. The minimum absolute atomic E-state index is 0.0361. The molecule has 0 aliphatic carbocycles. The molecule has 8 nitrogen and oxygen atoms in total. The van der Waals surface area contributed by atoms with Gasteiger partial charge in [-0.15, -0.1) is 0 Å². The number of hydrogen-bond acceptors (Lipinski definition) is 6. The highest BCUT2D eigenvalue weighted by atomic mass is 35.5. The molecule has 29 heavy (non-hydrogen) atoms. The van der Waals surface area contributed by atoms with Crippen molar-refractivity contribution in [3.63, 3.8) is 0 Å². The minimum atomic E-state index is -0.570. The van der Waals surface area contributed by atoms with Gasteiger partial charge in [-0.3, -0.25) is 19.5 Å². The Kier molecular flexibility index (Phi) is 4.63. The van der Waals surface area contributed by atoms with Gasteiger partial charge in [-0.25, -0.2) is 9.78 Å². The van der Waals surface area contributed by atoms with Gasteiger partial charge in [-0.1, -0.05) is 18.5 Å². The van der Waals surface area contributed by atoms with E-state index >= 15 is 0 Å². The predicted molar refractivity (Wildman–Crippen MR) is 109 cm³/mol. The smallest absolute Gasteiger partial charge is 0.336 e. The lowest BCUT2D eigenvalue weighted by molar-refractivity contribution is -0.384. The van der Waals surface area contributed by atoms with Gasteiger partial charge in [0, 0.05) is 28.6 Å². The third-order valence-electron chi connectivity index (χ3n) is 4.74. The third kappa shape index (κ3) is 3.38. The number of fused-ring (bicyclic) bond motifs is 2. The first-order valence-corrected chi connectivity index (χ1v) is 9.14. The van der Waals surface area contributed by atoms with Crippen molar-refractivity contribution in [1.82, 2.24) is 9.55 Å². The van der Waals surface area contributed by atoms with Gasteiger partial charge in [0.1, 0.15) is 5.58 Å². The normalized spacial score (nSPS) is 11.2. The largest absolute Gasteiger partial charge is 0.423 e. The van der Waals surface area contributed by atoms with E-state index in [-0.39, 0.29) is 17.6 Å². The van der Waals surface area contributed by atoms with Crippen molar-refractivity contribution >= 4 is 39.2 Å². The Hall–Kier alpha value is -3.52. The summed E-state index contributed by atoms with van der Waals surface area (Å²) in [6, 6.07) is 8.64. The topological polar surface area (TPSA) is 108 Å². The van der Waals surface area contributed by atoms with Crippen molar-refractivity contribution in [2.45, 2.75) is 19.9 Å². The number of nitro benzene ring substituents is 1. The summed E-state index contributed by atoms with van der Waals surface area (Å²) >= 11 is 6.31. The van der Waals surface area contributed by atoms with Crippen LogP contribution in [0, 0.1) is 10.1 Å². The van der Waals surface area contributed by atoms with Crippen LogP contribution >= 0.6 is 11.6 Å². The molecule has 146 valence electrons. The zero-order valence-electron chi connectivity index (χ0n) is 15.2. The maximum absolute atomic E-state index is 12.9. The summed E-state index contributed by atoms with van der Waals surface area (Å²) in [5.74, 6) is 0. The van der Waals surface area contributed by atoms with E-state index in [1.165, 1.54) is 35.2 Å². The van der Waals surface area contributed by atoms with E-state index in [9.17, 15) is 19.7 Å². The van der Waals surface area contributed by atoms with E-state index in [1.807, 2.05) is 6.92 Å². The molecular weight excluding hydrogens is 398 g/mol. The van der Waals surface area contributed by atoms with Gasteiger partial charge in [0.15, 0.2) is 0 Å². The van der Waals surface area contributed by atoms with Crippen molar-refractivity contribution in [2.75, 3.05) is 0 Å². The molecule has 0 spiro atoms. The molecule has 0 atom stereocenters. The van der Waals surface area contributed by atoms with E-state index in [1.54, 1.807) is 12.1 Å². The van der Waals surface area contributed by atoms with Gasteiger partial charge >= 0.3 is 5.63 Å². The number of rotatable bonds is 4. The van der Waals surface area contributed by atoms with Gasteiger partial charge in [0.05, 0.1) is 28.7 Å². The molecule has 0 unspecified atom stereocenters. The molecule has 0 bridgehead atoms. The van der Waals surface area contributed by atoms with Crippen molar-refractivity contribution in [3.05, 3.63) is 89.8 Å². The SMILES string of the molecule is CCc1cc2oc(=O)cc(Cn3cnc4ccc([N+](=O)[O-])cc4c3=O)c2cc1Cl. The molecule has 2 aromatic carbocycles. The van der Waals surface area contributed by atoms with Gasteiger partial charge in [0.25, 0.3) is 11.2 Å². The van der Waals surface area contributed by atoms with Crippen LogP contribution in [0.4, 0.5) is 5.69 Å².